The monoisotopic (exact) mass is 335 g/mol. The van der Waals surface area contributed by atoms with E-state index in [1.165, 1.54) is 13.2 Å². The molecule has 0 spiro atoms. The lowest BCUT2D eigenvalue weighted by Gasteiger charge is -2.40. The van der Waals surface area contributed by atoms with E-state index in [1.54, 1.807) is 24.0 Å². The summed E-state index contributed by atoms with van der Waals surface area (Å²) in [6.45, 7) is 2.67. The summed E-state index contributed by atoms with van der Waals surface area (Å²) < 4.78 is 19.2. The lowest BCUT2D eigenvalue weighted by atomic mass is 10.1. The lowest BCUT2D eigenvalue weighted by molar-refractivity contribution is -0.123. The van der Waals surface area contributed by atoms with Gasteiger partial charge in [0.05, 0.1) is 24.8 Å². The van der Waals surface area contributed by atoms with Gasteiger partial charge in [-0.1, -0.05) is 6.07 Å². The fraction of sp³-hybridized carbons (Fsp3) is 0.529. The SMILES string of the molecule is COc1cccc(F)c1[C@H](C)NC(=O)N1CC(NC(=O)C2CC2)C1. The van der Waals surface area contributed by atoms with Crippen LogP contribution >= 0.6 is 0 Å². The predicted octanol–water partition coefficient (Wildman–Crippen LogP) is 1.82. The van der Waals surface area contributed by atoms with Gasteiger partial charge in [0.25, 0.3) is 0 Å². The van der Waals surface area contributed by atoms with Crippen molar-refractivity contribution in [1.82, 2.24) is 15.5 Å². The molecule has 1 saturated heterocycles. The number of nitrogens with zero attached hydrogens (tertiary/aromatic N) is 1. The van der Waals surface area contributed by atoms with Crippen LogP contribution in [0.25, 0.3) is 0 Å². The number of hydrogen-bond acceptors (Lipinski definition) is 3. The van der Waals surface area contributed by atoms with E-state index in [2.05, 4.69) is 10.6 Å². The Kier molecular flexibility index (Phi) is 4.59. The van der Waals surface area contributed by atoms with Gasteiger partial charge < -0.3 is 20.3 Å². The Morgan fingerprint density at radius 2 is 2.04 bits per heavy atom. The minimum atomic E-state index is -0.520. The number of carbonyl (C=O) groups excluding carboxylic acids is 2. The Morgan fingerprint density at radius 3 is 2.67 bits per heavy atom. The zero-order valence-electron chi connectivity index (χ0n) is 13.8. The molecule has 0 aromatic heterocycles. The van der Waals surface area contributed by atoms with Gasteiger partial charge in [-0.15, -0.1) is 0 Å². The molecule has 0 radical (unpaired) electrons. The molecule has 1 heterocycles. The van der Waals surface area contributed by atoms with Crippen LogP contribution in [0.4, 0.5) is 9.18 Å². The second-order valence-electron chi connectivity index (χ2n) is 6.41. The topological polar surface area (TPSA) is 70.7 Å². The third kappa shape index (κ3) is 3.44. The van der Waals surface area contributed by atoms with Crippen LogP contribution in [0.3, 0.4) is 0 Å². The minimum Gasteiger partial charge on any atom is -0.496 e. The molecule has 1 atom stereocenters. The number of halogens is 1. The van der Waals surface area contributed by atoms with Crippen LogP contribution in [0.15, 0.2) is 18.2 Å². The summed E-state index contributed by atoms with van der Waals surface area (Å²) in [5.74, 6) is 0.243. The Morgan fingerprint density at radius 1 is 1.33 bits per heavy atom. The van der Waals surface area contributed by atoms with Crippen molar-refractivity contribution in [3.63, 3.8) is 0 Å². The molecule has 1 saturated carbocycles. The smallest absolute Gasteiger partial charge is 0.318 e. The first-order valence-electron chi connectivity index (χ1n) is 8.17. The number of benzene rings is 1. The van der Waals surface area contributed by atoms with E-state index in [-0.39, 0.29) is 23.9 Å². The summed E-state index contributed by atoms with van der Waals surface area (Å²) in [6, 6.07) is 3.79. The first-order valence-corrected chi connectivity index (χ1v) is 8.17. The van der Waals surface area contributed by atoms with Crippen molar-refractivity contribution in [1.29, 1.82) is 0 Å². The molecule has 3 rings (SSSR count). The quantitative estimate of drug-likeness (QED) is 0.862. The van der Waals surface area contributed by atoms with Crippen LogP contribution in [-0.2, 0) is 4.79 Å². The Labute approximate surface area is 140 Å². The van der Waals surface area contributed by atoms with Crippen molar-refractivity contribution in [2.24, 2.45) is 5.92 Å². The van der Waals surface area contributed by atoms with E-state index < -0.39 is 11.9 Å². The molecule has 1 aromatic carbocycles. The zero-order chi connectivity index (χ0) is 17.3. The number of carbonyl (C=O) groups is 2. The second kappa shape index (κ2) is 6.67. The van der Waals surface area contributed by atoms with Gasteiger partial charge in [-0.05, 0) is 31.9 Å². The molecule has 1 aliphatic carbocycles. The van der Waals surface area contributed by atoms with Gasteiger partial charge in [0.1, 0.15) is 11.6 Å². The highest BCUT2D eigenvalue weighted by Crippen LogP contribution is 2.30. The van der Waals surface area contributed by atoms with Gasteiger partial charge >= 0.3 is 6.03 Å². The van der Waals surface area contributed by atoms with Crippen molar-refractivity contribution in [2.75, 3.05) is 20.2 Å². The number of nitrogens with one attached hydrogen (secondary N) is 2. The summed E-state index contributed by atoms with van der Waals surface area (Å²) >= 11 is 0. The maximum Gasteiger partial charge on any atom is 0.318 e. The highest BCUT2D eigenvalue weighted by molar-refractivity contribution is 5.82. The molecule has 130 valence electrons. The Hall–Kier alpha value is -2.31. The van der Waals surface area contributed by atoms with E-state index in [0.717, 1.165) is 12.8 Å². The maximum atomic E-state index is 14.0. The number of rotatable bonds is 5. The van der Waals surface area contributed by atoms with E-state index in [0.29, 0.717) is 24.4 Å². The highest BCUT2D eigenvalue weighted by atomic mass is 19.1. The Bertz CT molecular complexity index is 642. The van der Waals surface area contributed by atoms with Gasteiger partial charge in [0.2, 0.25) is 5.91 Å². The fourth-order valence-corrected chi connectivity index (χ4v) is 2.86. The summed E-state index contributed by atoms with van der Waals surface area (Å²) in [4.78, 5) is 25.5. The maximum absolute atomic E-state index is 14.0. The zero-order valence-corrected chi connectivity index (χ0v) is 13.8. The van der Waals surface area contributed by atoms with E-state index >= 15 is 0 Å². The number of methoxy groups -OCH3 is 1. The van der Waals surface area contributed by atoms with Crippen LogP contribution in [0.2, 0.25) is 0 Å². The van der Waals surface area contributed by atoms with E-state index in [4.69, 9.17) is 4.74 Å². The molecule has 2 aliphatic rings. The van der Waals surface area contributed by atoms with Crippen LogP contribution in [0.5, 0.6) is 5.75 Å². The summed E-state index contributed by atoms with van der Waals surface area (Å²) in [6.07, 6.45) is 1.93. The minimum absolute atomic E-state index is 0.0159. The molecule has 2 N–H and O–H groups in total. The second-order valence-corrected chi connectivity index (χ2v) is 6.41. The molecule has 0 bridgehead atoms. The molecule has 1 aliphatic heterocycles. The summed E-state index contributed by atoms with van der Waals surface area (Å²) in [5.41, 5.74) is 0.326. The normalized spacial score (nSPS) is 18.5. The van der Waals surface area contributed by atoms with Crippen LogP contribution in [0, 0.1) is 11.7 Å². The summed E-state index contributed by atoms with van der Waals surface area (Å²) in [5, 5.41) is 5.71. The summed E-state index contributed by atoms with van der Waals surface area (Å²) in [7, 11) is 1.47. The first-order chi connectivity index (χ1) is 11.5. The fourth-order valence-electron chi connectivity index (χ4n) is 2.86. The average molecular weight is 335 g/mol. The number of hydrogen-bond donors (Lipinski definition) is 2. The molecule has 3 amide bonds. The van der Waals surface area contributed by atoms with Crippen LogP contribution in [-0.4, -0.2) is 43.1 Å². The predicted molar refractivity (Wildman–Crippen MR) is 86.1 cm³/mol. The van der Waals surface area contributed by atoms with Crippen molar-refractivity contribution in [3.8, 4) is 5.75 Å². The molecule has 0 unspecified atom stereocenters. The third-order valence-electron chi connectivity index (χ3n) is 4.47. The van der Waals surface area contributed by atoms with Crippen molar-refractivity contribution >= 4 is 11.9 Å². The number of urea groups is 1. The van der Waals surface area contributed by atoms with E-state index in [9.17, 15) is 14.0 Å². The van der Waals surface area contributed by atoms with Gasteiger partial charge in [-0.3, -0.25) is 4.79 Å². The van der Waals surface area contributed by atoms with Crippen LogP contribution < -0.4 is 15.4 Å². The molecule has 24 heavy (non-hydrogen) atoms. The van der Waals surface area contributed by atoms with Crippen molar-refractivity contribution in [2.45, 2.75) is 31.8 Å². The average Bonchev–Trinajstić information content (AvgIpc) is 3.34. The molecule has 1 aromatic rings. The van der Waals surface area contributed by atoms with Crippen molar-refractivity contribution < 1.29 is 18.7 Å². The molecule has 7 heteroatoms. The largest absolute Gasteiger partial charge is 0.496 e. The standard InChI is InChI=1S/C17H22FN3O3/c1-10(15-13(18)4-3-5-14(15)24-2)19-17(23)21-8-12(9-21)20-16(22)11-6-7-11/h3-5,10-12H,6-9H2,1-2H3,(H,19,23)(H,20,22)/t10-/m0/s1. The third-order valence-corrected chi connectivity index (χ3v) is 4.47. The lowest BCUT2D eigenvalue weighted by Crippen LogP contribution is -2.63. The molecule has 2 fully saturated rings. The Balaban J connectivity index is 1.51. The van der Waals surface area contributed by atoms with Gasteiger partial charge in [0.15, 0.2) is 0 Å². The number of likely N-dealkylation sites (tertiary alicyclic amines) is 1. The molecular formula is C17H22FN3O3. The molecule has 6 nitrogen and oxygen atoms in total. The number of ether oxygens (including phenoxy) is 1. The molecular weight excluding hydrogens is 313 g/mol. The first kappa shape index (κ1) is 16.5. The van der Waals surface area contributed by atoms with Gasteiger partial charge in [-0.25, -0.2) is 9.18 Å². The van der Waals surface area contributed by atoms with Crippen molar-refractivity contribution in [3.05, 3.63) is 29.6 Å². The van der Waals surface area contributed by atoms with Gasteiger partial charge in [-0.2, -0.15) is 0 Å². The van der Waals surface area contributed by atoms with E-state index in [1.807, 2.05) is 0 Å². The number of amides is 3. The highest BCUT2D eigenvalue weighted by Gasteiger charge is 2.36. The van der Waals surface area contributed by atoms with Gasteiger partial charge in [0, 0.05) is 19.0 Å². The van der Waals surface area contributed by atoms with Crippen LogP contribution in [0.1, 0.15) is 31.4 Å².